The second-order valence-electron chi connectivity index (χ2n) is 8.86. The molecule has 5 nitrogen and oxygen atoms in total. The van der Waals surface area contributed by atoms with Crippen molar-refractivity contribution >= 4 is 18.3 Å². The Balaban J connectivity index is 0.00000182. The Hall–Kier alpha value is -1.07. The summed E-state index contributed by atoms with van der Waals surface area (Å²) >= 11 is 0. The summed E-state index contributed by atoms with van der Waals surface area (Å²) in [4.78, 5) is 15.1. The number of nitrogens with zero attached hydrogens (tertiary/aromatic N) is 3. The summed E-state index contributed by atoms with van der Waals surface area (Å²) in [5.74, 6) is 2.23. The lowest BCUT2D eigenvalue weighted by molar-refractivity contribution is 0.0751. The molecule has 0 spiro atoms. The van der Waals surface area contributed by atoms with Gasteiger partial charge < -0.3 is 10.2 Å². The minimum Gasteiger partial charge on any atom is -0.337 e. The van der Waals surface area contributed by atoms with Crippen molar-refractivity contribution in [3.8, 4) is 0 Å². The molecule has 25 heavy (non-hydrogen) atoms. The molecule has 1 aliphatic carbocycles. The number of carbonyl (C=O) groups excluding carboxylic acids is 1. The van der Waals surface area contributed by atoms with Crippen LogP contribution in [0.4, 0.5) is 0 Å². The van der Waals surface area contributed by atoms with Gasteiger partial charge in [-0.3, -0.25) is 9.48 Å². The maximum atomic E-state index is 13.0. The van der Waals surface area contributed by atoms with Crippen LogP contribution in [0.5, 0.6) is 0 Å². The smallest absolute Gasteiger partial charge is 0.274 e. The van der Waals surface area contributed by atoms with E-state index in [9.17, 15) is 4.79 Å². The number of rotatable bonds is 2. The highest BCUT2D eigenvalue weighted by Gasteiger charge is 2.35. The molecule has 0 bridgehead atoms. The number of hydrogen-bond acceptors (Lipinski definition) is 3. The Labute approximate surface area is 156 Å². The van der Waals surface area contributed by atoms with Gasteiger partial charge >= 0.3 is 0 Å². The third-order valence-corrected chi connectivity index (χ3v) is 5.89. The van der Waals surface area contributed by atoms with Crippen LogP contribution in [0, 0.1) is 11.8 Å². The van der Waals surface area contributed by atoms with Gasteiger partial charge in [-0.2, -0.15) is 5.10 Å². The molecule has 4 rings (SSSR count). The van der Waals surface area contributed by atoms with Crippen LogP contribution < -0.4 is 5.32 Å². The van der Waals surface area contributed by atoms with Crippen LogP contribution in [0.3, 0.4) is 0 Å². The molecule has 0 unspecified atom stereocenters. The van der Waals surface area contributed by atoms with E-state index in [1.54, 1.807) is 0 Å². The molecule has 2 atom stereocenters. The van der Waals surface area contributed by atoms with Gasteiger partial charge in [0.1, 0.15) is 0 Å². The largest absolute Gasteiger partial charge is 0.337 e. The standard InChI is InChI=1S/C19H30N4O.ClH/c1-19(2,3)23-17(13-4-5-13)10-16(21-23)18(24)22-8-6-14-11-20-12-15(14)7-9-22;/h10,13-15,20H,4-9,11-12H2,1-3H3;1H/t14-,15+;. The van der Waals surface area contributed by atoms with E-state index >= 15 is 0 Å². The average molecular weight is 367 g/mol. The molecule has 1 aromatic rings. The van der Waals surface area contributed by atoms with Crippen LogP contribution in [0.1, 0.15) is 68.6 Å². The Morgan fingerprint density at radius 3 is 2.24 bits per heavy atom. The normalized spacial score (nSPS) is 26.8. The van der Waals surface area contributed by atoms with Crippen molar-refractivity contribution in [2.45, 2.75) is 57.9 Å². The molecule has 3 aliphatic rings. The average Bonchev–Trinajstić information content (AvgIpc) is 3.17. The van der Waals surface area contributed by atoms with Crippen LogP contribution in [0.2, 0.25) is 0 Å². The summed E-state index contributed by atoms with van der Waals surface area (Å²) in [5, 5.41) is 8.23. The maximum absolute atomic E-state index is 13.0. The van der Waals surface area contributed by atoms with Crippen molar-refractivity contribution in [1.82, 2.24) is 20.0 Å². The highest BCUT2D eigenvalue weighted by atomic mass is 35.5. The van der Waals surface area contributed by atoms with Gasteiger partial charge in [-0.1, -0.05) is 0 Å². The molecule has 0 aromatic carbocycles. The molecule has 140 valence electrons. The van der Waals surface area contributed by atoms with Gasteiger partial charge in [0.15, 0.2) is 5.69 Å². The number of aromatic nitrogens is 2. The third-order valence-electron chi connectivity index (χ3n) is 5.89. The molecule has 3 heterocycles. The van der Waals surface area contributed by atoms with Crippen LogP contribution in [0.15, 0.2) is 6.07 Å². The Morgan fingerprint density at radius 1 is 1.12 bits per heavy atom. The minimum absolute atomic E-state index is 0. The van der Waals surface area contributed by atoms with Gasteiger partial charge in [0, 0.05) is 24.7 Å². The van der Waals surface area contributed by atoms with Crippen LogP contribution in [0.25, 0.3) is 0 Å². The zero-order chi connectivity index (χ0) is 16.9. The van der Waals surface area contributed by atoms with Crippen molar-refractivity contribution in [3.05, 3.63) is 17.5 Å². The van der Waals surface area contributed by atoms with Crippen molar-refractivity contribution < 1.29 is 4.79 Å². The first-order valence-corrected chi connectivity index (χ1v) is 9.54. The first-order chi connectivity index (χ1) is 11.4. The van der Waals surface area contributed by atoms with E-state index in [0.29, 0.717) is 11.6 Å². The van der Waals surface area contributed by atoms with E-state index in [0.717, 1.165) is 50.9 Å². The molecule has 2 aliphatic heterocycles. The topological polar surface area (TPSA) is 50.2 Å². The summed E-state index contributed by atoms with van der Waals surface area (Å²) in [6.07, 6.45) is 4.71. The first-order valence-electron chi connectivity index (χ1n) is 9.54. The molecule has 6 heteroatoms. The number of amides is 1. The van der Waals surface area contributed by atoms with E-state index in [-0.39, 0.29) is 23.9 Å². The zero-order valence-corrected chi connectivity index (χ0v) is 16.4. The third kappa shape index (κ3) is 3.72. The van der Waals surface area contributed by atoms with Crippen LogP contribution >= 0.6 is 12.4 Å². The van der Waals surface area contributed by atoms with E-state index in [1.165, 1.54) is 18.5 Å². The minimum atomic E-state index is -0.0715. The fourth-order valence-electron chi connectivity index (χ4n) is 4.29. The second-order valence-corrected chi connectivity index (χ2v) is 8.86. The lowest BCUT2D eigenvalue weighted by Gasteiger charge is -2.23. The highest BCUT2D eigenvalue weighted by Crippen LogP contribution is 2.42. The molecule has 1 amide bonds. The summed E-state index contributed by atoms with van der Waals surface area (Å²) in [5.41, 5.74) is 1.83. The van der Waals surface area contributed by atoms with Gasteiger partial charge in [0.2, 0.25) is 0 Å². The Kier molecular flexibility index (Phi) is 5.18. The molecule has 1 saturated carbocycles. The zero-order valence-electron chi connectivity index (χ0n) is 15.6. The number of fused-ring (bicyclic) bond motifs is 1. The van der Waals surface area contributed by atoms with Gasteiger partial charge in [-0.15, -0.1) is 12.4 Å². The summed E-state index contributed by atoms with van der Waals surface area (Å²) < 4.78 is 2.09. The highest BCUT2D eigenvalue weighted by molar-refractivity contribution is 5.92. The summed E-state index contributed by atoms with van der Waals surface area (Å²) in [6, 6.07) is 2.07. The van der Waals surface area contributed by atoms with Crippen molar-refractivity contribution in [2.24, 2.45) is 11.8 Å². The predicted molar refractivity (Wildman–Crippen MR) is 101 cm³/mol. The van der Waals surface area contributed by atoms with E-state index in [2.05, 4.69) is 36.8 Å². The van der Waals surface area contributed by atoms with Gasteiger partial charge in [-0.05, 0) is 77.4 Å². The molecule has 2 saturated heterocycles. The second kappa shape index (κ2) is 6.92. The molecule has 0 radical (unpaired) electrons. The monoisotopic (exact) mass is 366 g/mol. The van der Waals surface area contributed by atoms with Gasteiger partial charge in [0.05, 0.1) is 5.54 Å². The number of likely N-dealkylation sites (tertiary alicyclic amines) is 1. The quantitative estimate of drug-likeness (QED) is 0.875. The van der Waals surface area contributed by atoms with E-state index in [1.807, 2.05) is 4.90 Å². The van der Waals surface area contributed by atoms with Crippen LogP contribution in [-0.4, -0.2) is 46.8 Å². The van der Waals surface area contributed by atoms with Crippen molar-refractivity contribution in [2.75, 3.05) is 26.2 Å². The number of hydrogen-bond donors (Lipinski definition) is 1. The first kappa shape index (κ1) is 18.7. The van der Waals surface area contributed by atoms with E-state index < -0.39 is 0 Å². The maximum Gasteiger partial charge on any atom is 0.274 e. The predicted octanol–water partition coefficient (Wildman–Crippen LogP) is 3.01. The van der Waals surface area contributed by atoms with Gasteiger partial charge in [0.25, 0.3) is 5.91 Å². The van der Waals surface area contributed by atoms with Gasteiger partial charge in [-0.25, -0.2) is 0 Å². The molecule has 3 fully saturated rings. The lowest BCUT2D eigenvalue weighted by atomic mass is 9.92. The molecule has 1 N–H and O–H groups in total. The van der Waals surface area contributed by atoms with Crippen molar-refractivity contribution in [3.63, 3.8) is 0 Å². The molecular formula is C19H31ClN4O. The fraction of sp³-hybridized carbons (Fsp3) is 0.789. The SMILES string of the molecule is CC(C)(C)n1nc(C(=O)N2CC[C@@H]3CNC[C@@H]3CC2)cc1C1CC1.Cl. The fourth-order valence-corrected chi connectivity index (χ4v) is 4.29. The number of carbonyl (C=O) groups is 1. The lowest BCUT2D eigenvalue weighted by Crippen LogP contribution is -2.33. The number of halogens is 1. The Morgan fingerprint density at radius 2 is 1.72 bits per heavy atom. The Bertz CT molecular complexity index is 618. The molecular weight excluding hydrogens is 336 g/mol. The van der Waals surface area contributed by atoms with Crippen molar-refractivity contribution in [1.29, 1.82) is 0 Å². The number of nitrogens with one attached hydrogen (secondary N) is 1. The molecule has 1 aromatic heterocycles. The van der Waals surface area contributed by atoms with E-state index in [4.69, 9.17) is 5.10 Å². The summed E-state index contributed by atoms with van der Waals surface area (Å²) in [6.45, 7) is 10.5. The summed E-state index contributed by atoms with van der Waals surface area (Å²) in [7, 11) is 0. The van der Waals surface area contributed by atoms with Crippen LogP contribution in [-0.2, 0) is 5.54 Å².